The van der Waals surface area contributed by atoms with Crippen LogP contribution in [0.3, 0.4) is 0 Å². The zero-order chi connectivity index (χ0) is 21.7. The molecular weight excluding hydrogens is 417 g/mol. The average molecular weight is 436 g/mol. The zero-order valence-electron chi connectivity index (χ0n) is 16.2. The number of alkyl halides is 3. The van der Waals surface area contributed by atoms with Crippen LogP contribution in [0.2, 0.25) is 0 Å². The fourth-order valence-corrected chi connectivity index (χ4v) is 3.55. The Morgan fingerprint density at radius 1 is 1.13 bits per heavy atom. The second-order valence-corrected chi connectivity index (χ2v) is 7.11. The summed E-state index contributed by atoms with van der Waals surface area (Å²) in [7, 11) is 0. The summed E-state index contributed by atoms with van der Waals surface area (Å²) in [5.74, 6) is 0.644. The summed E-state index contributed by atoms with van der Waals surface area (Å²) in [5.41, 5.74) is -0.386. The van der Waals surface area contributed by atoms with Gasteiger partial charge in [-0.15, -0.1) is 10.2 Å². The SMILES string of the molecule is CCOc1ccc(-n2c(C)nnc2SCC(=O)Nc2ccccc2C(F)(F)F)cc1. The Balaban J connectivity index is 1.71. The fourth-order valence-electron chi connectivity index (χ4n) is 2.75. The first-order valence-electron chi connectivity index (χ1n) is 9.03. The molecule has 0 bridgehead atoms. The van der Waals surface area contributed by atoms with E-state index in [0.717, 1.165) is 29.3 Å². The lowest BCUT2D eigenvalue weighted by molar-refractivity contribution is -0.137. The predicted octanol–water partition coefficient (Wildman–Crippen LogP) is 4.72. The molecule has 1 amide bonds. The highest BCUT2D eigenvalue weighted by molar-refractivity contribution is 7.99. The summed E-state index contributed by atoms with van der Waals surface area (Å²) in [6.07, 6.45) is -4.55. The number of benzene rings is 2. The van der Waals surface area contributed by atoms with Gasteiger partial charge in [0.1, 0.15) is 11.6 Å². The Labute approximate surface area is 175 Å². The van der Waals surface area contributed by atoms with Gasteiger partial charge in [-0.2, -0.15) is 13.2 Å². The molecule has 0 saturated heterocycles. The van der Waals surface area contributed by atoms with Crippen molar-refractivity contribution in [2.24, 2.45) is 0 Å². The summed E-state index contributed by atoms with van der Waals surface area (Å²) in [6.45, 7) is 4.22. The molecule has 0 saturated carbocycles. The Morgan fingerprint density at radius 3 is 2.50 bits per heavy atom. The minimum absolute atomic E-state index is 0.124. The number of para-hydroxylation sites is 1. The Kier molecular flexibility index (Phi) is 6.66. The van der Waals surface area contributed by atoms with Crippen molar-refractivity contribution in [3.63, 3.8) is 0 Å². The lowest BCUT2D eigenvalue weighted by atomic mass is 10.1. The molecule has 0 spiro atoms. The lowest BCUT2D eigenvalue weighted by Crippen LogP contribution is -2.18. The minimum atomic E-state index is -4.55. The van der Waals surface area contributed by atoms with Gasteiger partial charge in [-0.25, -0.2) is 0 Å². The van der Waals surface area contributed by atoms with Gasteiger partial charge >= 0.3 is 6.18 Å². The van der Waals surface area contributed by atoms with E-state index in [0.29, 0.717) is 17.6 Å². The minimum Gasteiger partial charge on any atom is -0.494 e. The van der Waals surface area contributed by atoms with E-state index >= 15 is 0 Å². The van der Waals surface area contributed by atoms with Crippen LogP contribution < -0.4 is 10.1 Å². The number of hydrogen-bond donors (Lipinski definition) is 1. The fraction of sp³-hybridized carbons (Fsp3) is 0.250. The number of carbonyl (C=O) groups excluding carboxylic acids is 1. The van der Waals surface area contributed by atoms with Gasteiger partial charge in [-0.3, -0.25) is 9.36 Å². The first kappa shape index (κ1) is 21.7. The van der Waals surface area contributed by atoms with Crippen molar-refractivity contribution in [1.82, 2.24) is 14.8 Å². The maximum Gasteiger partial charge on any atom is 0.418 e. The summed E-state index contributed by atoms with van der Waals surface area (Å²) >= 11 is 1.08. The van der Waals surface area contributed by atoms with E-state index in [-0.39, 0.29) is 11.4 Å². The van der Waals surface area contributed by atoms with Crippen LogP contribution >= 0.6 is 11.8 Å². The third-order valence-corrected chi connectivity index (χ3v) is 4.97. The number of rotatable bonds is 7. The predicted molar refractivity (Wildman–Crippen MR) is 108 cm³/mol. The highest BCUT2D eigenvalue weighted by atomic mass is 32.2. The van der Waals surface area contributed by atoms with Crippen molar-refractivity contribution in [3.05, 3.63) is 59.9 Å². The molecule has 0 unspecified atom stereocenters. The van der Waals surface area contributed by atoms with Gasteiger partial charge in [0, 0.05) is 5.69 Å². The Morgan fingerprint density at radius 2 is 1.83 bits per heavy atom. The topological polar surface area (TPSA) is 69.0 Å². The van der Waals surface area contributed by atoms with Crippen LogP contribution in [-0.2, 0) is 11.0 Å². The van der Waals surface area contributed by atoms with E-state index in [9.17, 15) is 18.0 Å². The molecule has 0 aliphatic rings. The molecule has 0 fully saturated rings. The largest absolute Gasteiger partial charge is 0.494 e. The molecule has 0 radical (unpaired) electrons. The maximum atomic E-state index is 13.1. The Hall–Kier alpha value is -3.01. The zero-order valence-corrected chi connectivity index (χ0v) is 17.0. The molecule has 6 nitrogen and oxygen atoms in total. The van der Waals surface area contributed by atoms with Gasteiger partial charge in [-0.05, 0) is 50.2 Å². The summed E-state index contributed by atoms with van der Waals surface area (Å²) in [6, 6.07) is 12.2. The third kappa shape index (κ3) is 5.12. The number of aryl methyl sites for hydroxylation is 1. The average Bonchev–Trinajstić information content (AvgIpc) is 3.07. The molecule has 3 aromatic rings. The first-order valence-corrected chi connectivity index (χ1v) is 10.0. The van der Waals surface area contributed by atoms with Crippen molar-refractivity contribution in [1.29, 1.82) is 0 Å². The number of nitrogens with one attached hydrogen (secondary N) is 1. The molecule has 1 N–H and O–H groups in total. The number of ether oxygens (including phenoxy) is 1. The van der Waals surface area contributed by atoms with E-state index in [1.165, 1.54) is 18.2 Å². The first-order chi connectivity index (χ1) is 14.3. The lowest BCUT2D eigenvalue weighted by Gasteiger charge is -2.13. The van der Waals surface area contributed by atoms with E-state index in [2.05, 4.69) is 15.5 Å². The molecule has 1 aromatic heterocycles. The number of carbonyl (C=O) groups is 1. The molecular formula is C20H19F3N4O2S. The van der Waals surface area contributed by atoms with Crippen molar-refractivity contribution in [2.45, 2.75) is 25.2 Å². The molecule has 0 atom stereocenters. The van der Waals surface area contributed by atoms with E-state index in [1.54, 1.807) is 11.5 Å². The van der Waals surface area contributed by atoms with Crippen LogP contribution in [0.4, 0.5) is 18.9 Å². The van der Waals surface area contributed by atoms with Crippen LogP contribution in [0.5, 0.6) is 5.75 Å². The number of thioether (sulfide) groups is 1. The molecule has 30 heavy (non-hydrogen) atoms. The Bertz CT molecular complexity index is 1020. The quantitative estimate of drug-likeness (QED) is 0.543. The van der Waals surface area contributed by atoms with Crippen LogP contribution in [0, 0.1) is 6.92 Å². The third-order valence-electron chi connectivity index (χ3n) is 4.04. The molecule has 0 aliphatic carbocycles. The van der Waals surface area contributed by atoms with Gasteiger partial charge in [0.15, 0.2) is 5.16 Å². The van der Waals surface area contributed by atoms with Crippen LogP contribution in [-0.4, -0.2) is 33.0 Å². The standard InChI is InChI=1S/C20H19F3N4O2S/c1-3-29-15-10-8-14(9-11-15)27-13(2)25-26-19(27)30-12-18(28)24-17-7-5-4-6-16(17)20(21,22)23/h4-11H,3,12H2,1-2H3,(H,24,28). The maximum absolute atomic E-state index is 13.1. The van der Waals surface area contributed by atoms with Crippen molar-refractivity contribution < 1.29 is 22.7 Å². The van der Waals surface area contributed by atoms with Crippen LogP contribution in [0.25, 0.3) is 5.69 Å². The van der Waals surface area contributed by atoms with E-state index in [4.69, 9.17) is 4.74 Å². The highest BCUT2D eigenvalue weighted by Crippen LogP contribution is 2.34. The number of nitrogens with zero attached hydrogens (tertiary/aromatic N) is 3. The highest BCUT2D eigenvalue weighted by Gasteiger charge is 2.33. The van der Waals surface area contributed by atoms with Gasteiger partial charge in [-0.1, -0.05) is 23.9 Å². The smallest absolute Gasteiger partial charge is 0.418 e. The number of hydrogen-bond acceptors (Lipinski definition) is 5. The molecule has 0 aliphatic heterocycles. The van der Waals surface area contributed by atoms with E-state index in [1.807, 2.05) is 31.2 Å². The normalized spacial score (nSPS) is 11.4. The summed E-state index contributed by atoms with van der Waals surface area (Å²) in [5, 5.41) is 10.9. The monoisotopic (exact) mass is 436 g/mol. The second-order valence-electron chi connectivity index (χ2n) is 6.17. The number of aromatic nitrogens is 3. The molecule has 158 valence electrons. The second kappa shape index (κ2) is 9.21. The number of amides is 1. The summed E-state index contributed by atoms with van der Waals surface area (Å²) in [4.78, 5) is 12.3. The van der Waals surface area contributed by atoms with Crippen molar-refractivity contribution >= 4 is 23.4 Å². The molecule has 3 rings (SSSR count). The van der Waals surface area contributed by atoms with Crippen molar-refractivity contribution in [3.8, 4) is 11.4 Å². The van der Waals surface area contributed by atoms with Gasteiger partial charge in [0.05, 0.1) is 23.6 Å². The van der Waals surface area contributed by atoms with Crippen LogP contribution in [0.1, 0.15) is 18.3 Å². The van der Waals surface area contributed by atoms with E-state index < -0.39 is 17.6 Å². The molecule has 1 heterocycles. The number of anilines is 1. The van der Waals surface area contributed by atoms with Gasteiger partial charge in [0.2, 0.25) is 5.91 Å². The van der Waals surface area contributed by atoms with Crippen LogP contribution in [0.15, 0.2) is 53.7 Å². The van der Waals surface area contributed by atoms with Gasteiger partial charge in [0.25, 0.3) is 0 Å². The molecule has 2 aromatic carbocycles. The summed E-state index contributed by atoms with van der Waals surface area (Å²) < 4.78 is 46.4. The van der Waals surface area contributed by atoms with Crippen molar-refractivity contribution in [2.75, 3.05) is 17.7 Å². The number of halogens is 3. The molecule has 10 heteroatoms. The van der Waals surface area contributed by atoms with Gasteiger partial charge < -0.3 is 10.1 Å².